The van der Waals surface area contributed by atoms with Crippen LogP contribution in [0.15, 0.2) is 42.5 Å². The van der Waals surface area contributed by atoms with Gasteiger partial charge in [0.2, 0.25) is 5.78 Å². The summed E-state index contributed by atoms with van der Waals surface area (Å²) < 4.78 is 15.7. The molecule has 144 valence electrons. The van der Waals surface area contributed by atoms with Gasteiger partial charge in [0.25, 0.3) is 0 Å². The van der Waals surface area contributed by atoms with E-state index in [0.717, 1.165) is 5.56 Å². The Hall–Kier alpha value is -2.53. The first-order chi connectivity index (χ1) is 12.9. The SMILES string of the molecule is COc1ccc(C(=O)COC(=O)[C@H](c2ccc(Cl)cc2)C(C)C)c(OC)c1. The van der Waals surface area contributed by atoms with Crippen molar-refractivity contribution in [3.8, 4) is 11.5 Å². The van der Waals surface area contributed by atoms with Crippen molar-refractivity contribution in [1.82, 2.24) is 0 Å². The van der Waals surface area contributed by atoms with Gasteiger partial charge < -0.3 is 14.2 Å². The van der Waals surface area contributed by atoms with Crippen LogP contribution in [0, 0.1) is 5.92 Å². The van der Waals surface area contributed by atoms with Crippen LogP contribution < -0.4 is 9.47 Å². The molecule has 0 aliphatic rings. The number of ketones is 1. The molecule has 6 heteroatoms. The molecule has 0 aliphatic carbocycles. The van der Waals surface area contributed by atoms with Gasteiger partial charge in [-0.2, -0.15) is 0 Å². The number of methoxy groups -OCH3 is 2. The molecule has 1 atom stereocenters. The number of hydrogen-bond acceptors (Lipinski definition) is 5. The van der Waals surface area contributed by atoms with E-state index in [9.17, 15) is 9.59 Å². The number of hydrogen-bond donors (Lipinski definition) is 0. The number of rotatable bonds is 8. The molecule has 5 nitrogen and oxygen atoms in total. The van der Waals surface area contributed by atoms with Crippen LogP contribution in [0.3, 0.4) is 0 Å². The van der Waals surface area contributed by atoms with Crippen molar-refractivity contribution in [2.24, 2.45) is 5.92 Å². The van der Waals surface area contributed by atoms with E-state index >= 15 is 0 Å². The van der Waals surface area contributed by atoms with Crippen LogP contribution in [-0.2, 0) is 9.53 Å². The fourth-order valence-electron chi connectivity index (χ4n) is 2.80. The molecule has 2 rings (SSSR count). The van der Waals surface area contributed by atoms with Crippen molar-refractivity contribution in [2.75, 3.05) is 20.8 Å². The first kappa shape index (κ1) is 20.8. The highest BCUT2D eigenvalue weighted by atomic mass is 35.5. The number of ether oxygens (including phenoxy) is 3. The summed E-state index contributed by atoms with van der Waals surface area (Å²) in [5.74, 6) is -0.330. The Kier molecular flexibility index (Phi) is 7.25. The predicted octanol–water partition coefficient (Wildman–Crippen LogP) is 4.52. The second-order valence-corrected chi connectivity index (χ2v) is 6.81. The van der Waals surface area contributed by atoms with Crippen LogP contribution in [0.2, 0.25) is 5.02 Å². The molecule has 0 amide bonds. The largest absolute Gasteiger partial charge is 0.497 e. The van der Waals surface area contributed by atoms with E-state index in [-0.39, 0.29) is 18.3 Å². The van der Waals surface area contributed by atoms with Crippen molar-refractivity contribution >= 4 is 23.4 Å². The highest BCUT2D eigenvalue weighted by molar-refractivity contribution is 6.30. The Morgan fingerprint density at radius 3 is 2.22 bits per heavy atom. The first-order valence-electron chi connectivity index (χ1n) is 8.54. The summed E-state index contributed by atoms with van der Waals surface area (Å²) in [6.07, 6.45) is 0. The summed E-state index contributed by atoms with van der Waals surface area (Å²) in [5, 5.41) is 0.594. The summed E-state index contributed by atoms with van der Waals surface area (Å²) >= 11 is 5.91. The molecule has 0 N–H and O–H groups in total. The van der Waals surface area contributed by atoms with Crippen LogP contribution in [0.25, 0.3) is 0 Å². The van der Waals surface area contributed by atoms with E-state index in [2.05, 4.69) is 0 Å². The predicted molar refractivity (Wildman–Crippen MR) is 104 cm³/mol. The molecule has 0 radical (unpaired) electrons. The third-order valence-electron chi connectivity index (χ3n) is 4.20. The highest BCUT2D eigenvalue weighted by Crippen LogP contribution is 2.28. The van der Waals surface area contributed by atoms with Gasteiger partial charge in [0.15, 0.2) is 6.61 Å². The van der Waals surface area contributed by atoms with Gasteiger partial charge in [-0.3, -0.25) is 9.59 Å². The molecule has 0 heterocycles. The fourth-order valence-corrected chi connectivity index (χ4v) is 2.92. The Bertz CT molecular complexity index is 799. The third-order valence-corrected chi connectivity index (χ3v) is 4.46. The van der Waals surface area contributed by atoms with Crippen LogP contribution in [0.4, 0.5) is 0 Å². The smallest absolute Gasteiger partial charge is 0.314 e. The van der Waals surface area contributed by atoms with Gasteiger partial charge in [0, 0.05) is 11.1 Å². The number of halogens is 1. The maximum Gasteiger partial charge on any atom is 0.314 e. The maximum atomic E-state index is 12.6. The minimum atomic E-state index is -0.479. The van der Waals surface area contributed by atoms with Crippen LogP contribution in [-0.4, -0.2) is 32.6 Å². The van der Waals surface area contributed by atoms with E-state index in [0.29, 0.717) is 22.1 Å². The second-order valence-electron chi connectivity index (χ2n) is 6.37. The normalized spacial score (nSPS) is 11.8. The van der Waals surface area contributed by atoms with Gasteiger partial charge in [0.1, 0.15) is 11.5 Å². The molecule has 0 unspecified atom stereocenters. The molecular weight excluding hydrogens is 368 g/mol. The zero-order chi connectivity index (χ0) is 20.0. The highest BCUT2D eigenvalue weighted by Gasteiger charge is 2.27. The van der Waals surface area contributed by atoms with Gasteiger partial charge in [-0.05, 0) is 35.7 Å². The molecule has 0 aliphatic heterocycles. The average molecular weight is 391 g/mol. The van der Waals surface area contributed by atoms with E-state index in [1.54, 1.807) is 42.5 Å². The summed E-state index contributed by atoms with van der Waals surface area (Å²) in [5.41, 5.74) is 1.13. The van der Waals surface area contributed by atoms with Crippen molar-refractivity contribution in [3.05, 3.63) is 58.6 Å². The lowest BCUT2D eigenvalue weighted by Gasteiger charge is -2.20. The minimum absolute atomic E-state index is 0.00398. The van der Waals surface area contributed by atoms with Crippen LogP contribution >= 0.6 is 11.6 Å². The number of benzene rings is 2. The molecule has 0 fully saturated rings. The molecule has 2 aromatic rings. The third kappa shape index (κ3) is 5.23. The van der Waals surface area contributed by atoms with E-state index in [1.165, 1.54) is 14.2 Å². The lowest BCUT2D eigenvalue weighted by Crippen LogP contribution is -2.23. The monoisotopic (exact) mass is 390 g/mol. The lowest BCUT2D eigenvalue weighted by molar-refractivity contribution is -0.145. The van der Waals surface area contributed by atoms with Gasteiger partial charge in [-0.1, -0.05) is 37.6 Å². The molecule has 2 aromatic carbocycles. The molecule has 0 bridgehead atoms. The van der Waals surface area contributed by atoms with Gasteiger partial charge >= 0.3 is 5.97 Å². The Morgan fingerprint density at radius 1 is 1.00 bits per heavy atom. The van der Waals surface area contributed by atoms with Crippen molar-refractivity contribution in [1.29, 1.82) is 0 Å². The second kappa shape index (κ2) is 9.42. The zero-order valence-corrected chi connectivity index (χ0v) is 16.6. The average Bonchev–Trinajstić information content (AvgIpc) is 2.66. The van der Waals surface area contributed by atoms with E-state index in [4.69, 9.17) is 25.8 Å². The topological polar surface area (TPSA) is 61.8 Å². The number of carbonyl (C=O) groups excluding carboxylic acids is 2. The molecule has 0 spiro atoms. The lowest BCUT2D eigenvalue weighted by atomic mass is 9.88. The van der Waals surface area contributed by atoms with Crippen molar-refractivity contribution in [3.63, 3.8) is 0 Å². The standard InChI is InChI=1S/C21H23ClO5/c1-13(2)20(14-5-7-15(22)8-6-14)21(24)27-12-18(23)17-10-9-16(25-3)11-19(17)26-4/h5-11,13,20H,12H2,1-4H3/t20-/m0/s1. The Labute approximate surface area is 164 Å². The Morgan fingerprint density at radius 2 is 1.67 bits per heavy atom. The van der Waals surface area contributed by atoms with Gasteiger partial charge in [0.05, 0.1) is 25.7 Å². The molecule has 0 aromatic heterocycles. The van der Waals surface area contributed by atoms with E-state index in [1.807, 2.05) is 13.8 Å². The number of carbonyl (C=O) groups is 2. The molecular formula is C21H23ClO5. The first-order valence-corrected chi connectivity index (χ1v) is 8.92. The summed E-state index contributed by atoms with van der Waals surface area (Å²) in [4.78, 5) is 25.1. The molecule has 0 saturated heterocycles. The number of esters is 1. The number of Topliss-reactive ketones (excluding diaryl/α,β-unsaturated/α-hetero) is 1. The van der Waals surface area contributed by atoms with Gasteiger partial charge in [-0.25, -0.2) is 0 Å². The van der Waals surface area contributed by atoms with Crippen LogP contribution in [0.5, 0.6) is 11.5 Å². The summed E-state index contributed by atoms with van der Waals surface area (Å²) in [6.45, 7) is 3.49. The van der Waals surface area contributed by atoms with E-state index < -0.39 is 11.9 Å². The van der Waals surface area contributed by atoms with Crippen LogP contribution in [0.1, 0.15) is 35.7 Å². The van der Waals surface area contributed by atoms with Crippen molar-refractivity contribution in [2.45, 2.75) is 19.8 Å². The van der Waals surface area contributed by atoms with Crippen molar-refractivity contribution < 1.29 is 23.8 Å². The summed E-state index contributed by atoms with van der Waals surface area (Å²) in [6, 6.07) is 11.9. The zero-order valence-electron chi connectivity index (χ0n) is 15.8. The van der Waals surface area contributed by atoms with Gasteiger partial charge in [-0.15, -0.1) is 0 Å². The molecule has 0 saturated carbocycles. The quantitative estimate of drug-likeness (QED) is 0.489. The summed E-state index contributed by atoms with van der Waals surface area (Å²) in [7, 11) is 2.99. The maximum absolute atomic E-state index is 12.6. The minimum Gasteiger partial charge on any atom is -0.497 e. The Balaban J connectivity index is 2.11. The molecule has 27 heavy (non-hydrogen) atoms. The fraction of sp³-hybridized carbons (Fsp3) is 0.333.